The summed E-state index contributed by atoms with van der Waals surface area (Å²) in [4.78, 5) is 15.7. The molecule has 0 fully saturated rings. The van der Waals surface area contributed by atoms with Gasteiger partial charge in [0, 0.05) is 22.1 Å². The van der Waals surface area contributed by atoms with Gasteiger partial charge in [0.15, 0.2) is 0 Å². The van der Waals surface area contributed by atoms with Gasteiger partial charge in [-0.05, 0) is 18.2 Å². The van der Waals surface area contributed by atoms with E-state index in [0.29, 0.717) is 0 Å². The fourth-order valence-electron chi connectivity index (χ4n) is 1.11. The molecule has 0 aliphatic rings. The van der Waals surface area contributed by atoms with E-state index in [-0.39, 0.29) is 5.56 Å². The predicted octanol–water partition coefficient (Wildman–Crippen LogP) is 2.53. The van der Waals surface area contributed by atoms with Crippen molar-refractivity contribution in [3.05, 3.63) is 59.0 Å². The van der Waals surface area contributed by atoms with Crippen molar-refractivity contribution in [1.82, 2.24) is 4.98 Å². The molecule has 0 saturated carbocycles. The van der Waals surface area contributed by atoms with Crippen LogP contribution in [-0.4, -0.2) is 4.98 Å². The van der Waals surface area contributed by atoms with Crippen LogP contribution in [0.5, 0.6) is 0 Å². The average Bonchev–Trinajstić information content (AvgIpc) is 2.19. The van der Waals surface area contributed by atoms with Crippen LogP contribution >= 0.6 is 11.8 Å². The second kappa shape index (κ2) is 4.15. The van der Waals surface area contributed by atoms with Crippen LogP contribution in [0.25, 0.3) is 0 Å². The molecule has 2 aromatic rings. The van der Waals surface area contributed by atoms with Crippen LogP contribution in [0.15, 0.2) is 63.2 Å². The summed E-state index contributed by atoms with van der Waals surface area (Å²) in [7, 11) is 0. The molecule has 0 unspecified atom stereocenters. The molecular formula is C11H9NOS. The van der Waals surface area contributed by atoms with Crippen LogP contribution in [-0.2, 0) is 0 Å². The Kier molecular flexibility index (Phi) is 2.70. The molecule has 1 heterocycles. The third kappa shape index (κ3) is 2.26. The van der Waals surface area contributed by atoms with Gasteiger partial charge in [-0.3, -0.25) is 4.79 Å². The molecule has 0 aliphatic heterocycles. The Morgan fingerprint density at radius 1 is 1.00 bits per heavy atom. The first kappa shape index (κ1) is 9.09. The van der Waals surface area contributed by atoms with Gasteiger partial charge in [0.2, 0.25) is 5.56 Å². The highest BCUT2D eigenvalue weighted by Crippen LogP contribution is 2.25. The molecule has 0 saturated heterocycles. The maximum absolute atomic E-state index is 11.0. The summed E-state index contributed by atoms with van der Waals surface area (Å²) in [5, 5.41) is 0. The lowest BCUT2D eigenvalue weighted by Crippen LogP contribution is -2.01. The zero-order chi connectivity index (χ0) is 9.80. The van der Waals surface area contributed by atoms with Gasteiger partial charge in [0.05, 0.1) is 0 Å². The van der Waals surface area contributed by atoms with Gasteiger partial charge in [-0.1, -0.05) is 30.0 Å². The second-order valence-electron chi connectivity index (χ2n) is 2.80. The van der Waals surface area contributed by atoms with Gasteiger partial charge in [0.1, 0.15) is 0 Å². The van der Waals surface area contributed by atoms with E-state index in [1.54, 1.807) is 24.0 Å². The van der Waals surface area contributed by atoms with Crippen LogP contribution in [0.1, 0.15) is 0 Å². The summed E-state index contributed by atoms with van der Waals surface area (Å²) in [5.41, 5.74) is -0.0640. The minimum absolute atomic E-state index is 0.0640. The fourth-order valence-corrected chi connectivity index (χ4v) is 1.98. The molecule has 0 bridgehead atoms. The van der Waals surface area contributed by atoms with Crippen LogP contribution in [0.3, 0.4) is 0 Å². The molecule has 2 rings (SSSR count). The molecule has 1 aromatic heterocycles. The van der Waals surface area contributed by atoms with Crippen molar-refractivity contribution in [2.45, 2.75) is 9.79 Å². The molecule has 0 amide bonds. The molecule has 14 heavy (non-hydrogen) atoms. The summed E-state index contributed by atoms with van der Waals surface area (Å²) in [6, 6.07) is 13.5. The quantitative estimate of drug-likeness (QED) is 0.813. The monoisotopic (exact) mass is 203 g/mol. The van der Waals surface area contributed by atoms with Gasteiger partial charge < -0.3 is 4.98 Å². The maximum Gasteiger partial charge on any atom is 0.249 e. The average molecular weight is 203 g/mol. The highest BCUT2D eigenvalue weighted by atomic mass is 32.2. The summed E-state index contributed by atoms with van der Waals surface area (Å²) in [6.07, 6.45) is 1.66. The van der Waals surface area contributed by atoms with Crippen molar-refractivity contribution in [3.8, 4) is 0 Å². The number of rotatable bonds is 2. The number of nitrogens with one attached hydrogen (secondary N) is 1. The van der Waals surface area contributed by atoms with Gasteiger partial charge >= 0.3 is 0 Å². The fraction of sp³-hybridized carbons (Fsp3) is 0. The molecule has 0 aliphatic carbocycles. The standard InChI is InChI=1S/C11H9NOS/c13-11-8-10(6-7-12-11)14-9-4-2-1-3-5-9/h1-8H,(H,12,13). The van der Waals surface area contributed by atoms with Crippen LogP contribution in [0.4, 0.5) is 0 Å². The summed E-state index contributed by atoms with van der Waals surface area (Å²) in [6.45, 7) is 0. The van der Waals surface area contributed by atoms with Crippen LogP contribution in [0, 0.1) is 0 Å². The van der Waals surface area contributed by atoms with Crippen molar-refractivity contribution in [2.24, 2.45) is 0 Å². The van der Waals surface area contributed by atoms with Gasteiger partial charge in [-0.2, -0.15) is 0 Å². The van der Waals surface area contributed by atoms with Crippen molar-refractivity contribution >= 4 is 11.8 Å². The Morgan fingerprint density at radius 3 is 2.50 bits per heavy atom. The van der Waals surface area contributed by atoms with Gasteiger partial charge in [-0.15, -0.1) is 0 Å². The Hall–Kier alpha value is -1.48. The van der Waals surface area contributed by atoms with Crippen LogP contribution < -0.4 is 5.56 Å². The number of pyridine rings is 1. The number of benzene rings is 1. The number of aromatic nitrogens is 1. The molecule has 1 N–H and O–H groups in total. The zero-order valence-corrected chi connectivity index (χ0v) is 8.25. The highest BCUT2D eigenvalue weighted by molar-refractivity contribution is 7.99. The molecular weight excluding hydrogens is 194 g/mol. The molecule has 0 spiro atoms. The Labute approximate surface area is 86.0 Å². The summed E-state index contributed by atoms with van der Waals surface area (Å²) in [5.74, 6) is 0. The van der Waals surface area contributed by atoms with E-state index in [4.69, 9.17) is 0 Å². The summed E-state index contributed by atoms with van der Waals surface area (Å²) >= 11 is 1.58. The number of H-pyrrole nitrogens is 1. The SMILES string of the molecule is O=c1cc(Sc2ccccc2)cc[nH]1. The van der Waals surface area contributed by atoms with E-state index in [0.717, 1.165) is 9.79 Å². The van der Waals surface area contributed by atoms with Crippen molar-refractivity contribution in [3.63, 3.8) is 0 Å². The Bertz CT molecular complexity index is 464. The topological polar surface area (TPSA) is 32.9 Å². The number of hydrogen-bond acceptors (Lipinski definition) is 2. The van der Waals surface area contributed by atoms with E-state index in [9.17, 15) is 4.79 Å². The third-order valence-corrected chi connectivity index (χ3v) is 2.72. The number of aromatic amines is 1. The van der Waals surface area contributed by atoms with Gasteiger partial charge in [0.25, 0.3) is 0 Å². The first-order valence-corrected chi connectivity index (χ1v) is 5.08. The minimum Gasteiger partial charge on any atom is -0.329 e. The first-order valence-electron chi connectivity index (χ1n) is 4.26. The zero-order valence-electron chi connectivity index (χ0n) is 7.44. The smallest absolute Gasteiger partial charge is 0.249 e. The van der Waals surface area contributed by atoms with E-state index in [2.05, 4.69) is 4.98 Å². The maximum atomic E-state index is 11.0. The largest absolute Gasteiger partial charge is 0.329 e. The normalized spacial score (nSPS) is 10.0. The van der Waals surface area contributed by atoms with E-state index in [1.807, 2.05) is 36.4 Å². The lowest BCUT2D eigenvalue weighted by Gasteiger charge is -1.99. The Morgan fingerprint density at radius 2 is 1.79 bits per heavy atom. The lowest BCUT2D eigenvalue weighted by molar-refractivity contribution is 1.18. The number of hydrogen-bond donors (Lipinski definition) is 1. The van der Waals surface area contributed by atoms with Crippen molar-refractivity contribution in [2.75, 3.05) is 0 Å². The Balaban J connectivity index is 2.24. The second-order valence-corrected chi connectivity index (χ2v) is 3.95. The summed E-state index contributed by atoms with van der Waals surface area (Å²) < 4.78 is 0. The first-order chi connectivity index (χ1) is 6.84. The van der Waals surface area contributed by atoms with Crippen molar-refractivity contribution in [1.29, 1.82) is 0 Å². The molecule has 0 radical (unpaired) electrons. The van der Waals surface area contributed by atoms with Gasteiger partial charge in [-0.25, -0.2) is 0 Å². The van der Waals surface area contributed by atoms with Crippen LogP contribution in [0.2, 0.25) is 0 Å². The predicted molar refractivity (Wildman–Crippen MR) is 57.6 cm³/mol. The minimum atomic E-state index is -0.0640. The highest BCUT2D eigenvalue weighted by Gasteiger charge is 1.95. The molecule has 70 valence electrons. The van der Waals surface area contributed by atoms with E-state index >= 15 is 0 Å². The third-order valence-electron chi connectivity index (χ3n) is 1.73. The molecule has 1 aromatic carbocycles. The molecule has 0 atom stereocenters. The molecule has 3 heteroatoms. The molecule has 2 nitrogen and oxygen atoms in total. The van der Waals surface area contributed by atoms with Crippen molar-refractivity contribution < 1.29 is 0 Å². The van der Waals surface area contributed by atoms with E-state index in [1.165, 1.54) is 0 Å². The lowest BCUT2D eigenvalue weighted by atomic mass is 10.4. The van der Waals surface area contributed by atoms with E-state index < -0.39 is 0 Å².